The first-order chi connectivity index (χ1) is 15.0. The maximum Gasteiger partial charge on any atom is 0.387 e. The third-order valence-electron chi connectivity index (χ3n) is 4.15. The molecule has 0 fully saturated rings. The number of ether oxygens (including phenoxy) is 2. The monoisotopic (exact) mass is 423 g/mol. The molecule has 0 aromatic heterocycles. The van der Waals surface area contributed by atoms with Crippen LogP contribution in [0.15, 0.2) is 84.9 Å². The SMILES string of the molecule is O=C(COC(=O)/C=C/c1ccc(OC(F)F)cc1)Nc1ccccc1-c1ccccc1. The van der Waals surface area contributed by atoms with Crippen molar-refractivity contribution in [3.63, 3.8) is 0 Å². The molecule has 0 saturated heterocycles. The quantitative estimate of drug-likeness (QED) is 0.402. The van der Waals surface area contributed by atoms with E-state index < -0.39 is 25.1 Å². The summed E-state index contributed by atoms with van der Waals surface area (Å²) in [5.74, 6) is -1.17. The molecule has 5 nitrogen and oxygen atoms in total. The number of hydrogen-bond donors (Lipinski definition) is 1. The number of amides is 1. The van der Waals surface area contributed by atoms with Gasteiger partial charge in [-0.1, -0.05) is 60.7 Å². The Kier molecular flexibility index (Phi) is 7.48. The highest BCUT2D eigenvalue weighted by atomic mass is 19.3. The van der Waals surface area contributed by atoms with Crippen molar-refractivity contribution in [2.24, 2.45) is 0 Å². The lowest BCUT2D eigenvalue weighted by Gasteiger charge is -2.11. The van der Waals surface area contributed by atoms with Crippen molar-refractivity contribution in [2.75, 3.05) is 11.9 Å². The fraction of sp³-hybridized carbons (Fsp3) is 0.0833. The molecule has 3 rings (SSSR count). The maximum atomic E-state index is 12.2. The zero-order valence-electron chi connectivity index (χ0n) is 16.3. The number of carbonyl (C=O) groups is 2. The minimum absolute atomic E-state index is 0.0159. The first-order valence-electron chi connectivity index (χ1n) is 9.35. The van der Waals surface area contributed by atoms with E-state index in [1.165, 1.54) is 30.3 Å². The van der Waals surface area contributed by atoms with Crippen molar-refractivity contribution < 1.29 is 27.8 Å². The van der Waals surface area contributed by atoms with Crippen molar-refractivity contribution >= 4 is 23.6 Å². The molecule has 0 saturated carbocycles. The summed E-state index contributed by atoms with van der Waals surface area (Å²) in [6.07, 6.45) is 2.59. The predicted molar refractivity (Wildman–Crippen MR) is 114 cm³/mol. The zero-order valence-corrected chi connectivity index (χ0v) is 16.3. The van der Waals surface area contributed by atoms with Crippen molar-refractivity contribution in [1.82, 2.24) is 0 Å². The maximum absolute atomic E-state index is 12.2. The highest BCUT2D eigenvalue weighted by molar-refractivity contribution is 5.97. The molecule has 1 amide bonds. The topological polar surface area (TPSA) is 64.6 Å². The number of rotatable bonds is 8. The van der Waals surface area contributed by atoms with Crippen LogP contribution in [-0.2, 0) is 14.3 Å². The average Bonchev–Trinajstić information content (AvgIpc) is 2.78. The summed E-state index contributed by atoms with van der Waals surface area (Å²) >= 11 is 0. The molecule has 0 aliphatic heterocycles. The minimum Gasteiger partial charge on any atom is -0.452 e. The number of alkyl halides is 2. The molecule has 3 aromatic rings. The lowest BCUT2D eigenvalue weighted by atomic mass is 10.0. The Hall–Kier alpha value is -4.00. The number of benzene rings is 3. The van der Waals surface area contributed by atoms with E-state index in [9.17, 15) is 18.4 Å². The number of para-hydroxylation sites is 1. The van der Waals surface area contributed by atoms with E-state index in [0.717, 1.165) is 17.2 Å². The molecule has 0 radical (unpaired) electrons. The summed E-state index contributed by atoms with van der Waals surface area (Å²) in [7, 11) is 0. The summed E-state index contributed by atoms with van der Waals surface area (Å²) in [5, 5.41) is 2.74. The number of hydrogen-bond acceptors (Lipinski definition) is 4. The number of carbonyl (C=O) groups excluding carboxylic acids is 2. The summed E-state index contributed by atoms with van der Waals surface area (Å²) in [5.41, 5.74) is 2.99. The van der Waals surface area contributed by atoms with Crippen molar-refractivity contribution in [3.05, 3.63) is 90.5 Å². The second-order valence-corrected chi connectivity index (χ2v) is 6.35. The van der Waals surface area contributed by atoms with E-state index in [1.807, 2.05) is 42.5 Å². The van der Waals surface area contributed by atoms with Gasteiger partial charge in [-0.05, 0) is 35.4 Å². The van der Waals surface area contributed by atoms with Gasteiger partial charge in [0, 0.05) is 17.3 Å². The summed E-state index contributed by atoms with van der Waals surface area (Å²) in [6, 6.07) is 22.6. The Morgan fingerprint density at radius 1 is 0.903 bits per heavy atom. The highest BCUT2D eigenvalue weighted by Gasteiger charge is 2.10. The normalized spacial score (nSPS) is 10.8. The van der Waals surface area contributed by atoms with E-state index in [2.05, 4.69) is 10.1 Å². The predicted octanol–water partition coefficient (Wildman–Crippen LogP) is 5.15. The molecule has 3 aromatic carbocycles. The van der Waals surface area contributed by atoms with Gasteiger partial charge in [-0.15, -0.1) is 0 Å². The van der Waals surface area contributed by atoms with Crippen LogP contribution in [-0.4, -0.2) is 25.1 Å². The van der Waals surface area contributed by atoms with Crippen LogP contribution in [0, 0.1) is 0 Å². The van der Waals surface area contributed by atoms with Gasteiger partial charge in [0.2, 0.25) is 0 Å². The highest BCUT2D eigenvalue weighted by Crippen LogP contribution is 2.27. The van der Waals surface area contributed by atoms with Gasteiger partial charge in [0.25, 0.3) is 5.91 Å². The standard InChI is InChI=1S/C24H19F2NO4/c25-24(26)31-19-13-10-17(11-14-19)12-15-23(29)30-16-22(28)27-21-9-5-4-8-20(21)18-6-2-1-3-7-18/h1-15,24H,16H2,(H,27,28)/b15-12+. The van der Waals surface area contributed by atoms with Crippen LogP contribution in [0.4, 0.5) is 14.5 Å². The average molecular weight is 423 g/mol. The molecule has 1 N–H and O–H groups in total. The number of halogens is 2. The van der Waals surface area contributed by atoms with Crippen LogP contribution in [0.1, 0.15) is 5.56 Å². The van der Waals surface area contributed by atoms with Gasteiger partial charge in [0.1, 0.15) is 5.75 Å². The van der Waals surface area contributed by atoms with E-state index in [4.69, 9.17) is 4.74 Å². The largest absolute Gasteiger partial charge is 0.452 e. The molecule has 0 heterocycles. The third-order valence-corrected chi connectivity index (χ3v) is 4.15. The van der Waals surface area contributed by atoms with Gasteiger partial charge in [-0.25, -0.2) is 4.79 Å². The van der Waals surface area contributed by atoms with Gasteiger partial charge in [-0.3, -0.25) is 4.79 Å². The van der Waals surface area contributed by atoms with Crippen molar-refractivity contribution in [1.29, 1.82) is 0 Å². The summed E-state index contributed by atoms with van der Waals surface area (Å²) in [4.78, 5) is 24.1. The fourth-order valence-corrected chi connectivity index (χ4v) is 2.76. The number of anilines is 1. The molecule has 7 heteroatoms. The van der Waals surface area contributed by atoms with E-state index in [0.29, 0.717) is 11.3 Å². The molecule has 0 atom stereocenters. The van der Waals surface area contributed by atoms with Gasteiger partial charge in [-0.2, -0.15) is 8.78 Å². The third kappa shape index (κ3) is 6.78. The Labute approximate surface area is 177 Å². The molecule has 0 aliphatic carbocycles. The molecule has 158 valence electrons. The lowest BCUT2D eigenvalue weighted by Crippen LogP contribution is -2.20. The molecular formula is C24H19F2NO4. The van der Waals surface area contributed by atoms with Crippen LogP contribution in [0.25, 0.3) is 17.2 Å². The molecule has 0 unspecified atom stereocenters. The minimum atomic E-state index is -2.90. The fourth-order valence-electron chi connectivity index (χ4n) is 2.76. The number of nitrogens with one attached hydrogen (secondary N) is 1. The molecule has 0 spiro atoms. The van der Waals surface area contributed by atoms with Gasteiger partial charge < -0.3 is 14.8 Å². The molecular weight excluding hydrogens is 404 g/mol. The first kappa shape index (κ1) is 21.7. The Balaban J connectivity index is 1.52. The van der Waals surface area contributed by atoms with Crippen LogP contribution in [0.2, 0.25) is 0 Å². The smallest absolute Gasteiger partial charge is 0.387 e. The Morgan fingerprint density at radius 2 is 1.58 bits per heavy atom. The van der Waals surface area contributed by atoms with E-state index in [1.54, 1.807) is 12.1 Å². The van der Waals surface area contributed by atoms with Crippen molar-refractivity contribution in [3.8, 4) is 16.9 Å². The first-order valence-corrected chi connectivity index (χ1v) is 9.35. The summed E-state index contributed by atoms with van der Waals surface area (Å²) < 4.78 is 33.5. The van der Waals surface area contributed by atoms with Crippen molar-refractivity contribution in [2.45, 2.75) is 6.61 Å². The molecule has 0 aliphatic rings. The zero-order chi connectivity index (χ0) is 22.1. The summed E-state index contributed by atoms with van der Waals surface area (Å²) in [6.45, 7) is -3.35. The molecule has 0 bridgehead atoms. The Morgan fingerprint density at radius 3 is 2.29 bits per heavy atom. The van der Waals surface area contributed by atoms with Gasteiger partial charge in [0.05, 0.1) is 0 Å². The van der Waals surface area contributed by atoms with E-state index in [-0.39, 0.29) is 5.75 Å². The van der Waals surface area contributed by atoms with Crippen LogP contribution < -0.4 is 10.1 Å². The van der Waals surface area contributed by atoms with Crippen LogP contribution in [0.3, 0.4) is 0 Å². The van der Waals surface area contributed by atoms with E-state index >= 15 is 0 Å². The lowest BCUT2D eigenvalue weighted by molar-refractivity contribution is -0.142. The van der Waals surface area contributed by atoms with Gasteiger partial charge >= 0.3 is 12.6 Å². The Bertz CT molecular complexity index is 1050. The second kappa shape index (κ2) is 10.7. The van der Waals surface area contributed by atoms with Crippen LogP contribution in [0.5, 0.6) is 5.75 Å². The molecule has 31 heavy (non-hydrogen) atoms. The van der Waals surface area contributed by atoms with Crippen LogP contribution >= 0.6 is 0 Å². The number of esters is 1. The van der Waals surface area contributed by atoms with Gasteiger partial charge in [0.15, 0.2) is 6.61 Å². The second-order valence-electron chi connectivity index (χ2n) is 6.35.